The number of hydrogen-bond donors (Lipinski definition) is 3. The maximum atomic E-state index is 14.2. The standard InChI is InChI=1S/C34H39F3N8O4/c1-45(18-33(19-48-2)12-4-5-13-33)26-15-25(22-14-23(34(35,36)37)28(39-17-22)21-8-9-21)40-30-29(26)41-32(42-30)43-31(47)24-10-6-20(16-38-24)7-11-27(46)44-49-3/h6,10,14-17,21H,4-5,7-9,11-13,18-19H2,1-3H3,(H,44,46)(H2,40,41,42,43,47). The van der Waals surface area contributed by atoms with Gasteiger partial charge in [-0.15, -0.1) is 0 Å². The van der Waals surface area contributed by atoms with Crippen LogP contribution in [-0.2, 0) is 27.0 Å². The summed E-state index contributed by atoms with van der Waals surface area (Å²) in [4.78, 5) is 52.3. The highest BCUT2D eigenvalue weighted by atomic mass is 19.4. The molecular formula is C34H39F3N8O4. The average Bonchev–Trinajstić information content (AvgIpc) is 3.69. The molecule has 0 atom stereocenters. The SMILES string of the molecule is COCC1(CN(C)c2cc(-c3cnc(C4CC4)c(C(F)(F)F)c3)nc3nc(NC(=O)c4ccc(CCC(=O)NOC)cn4)[nH]c23)CCCC1. The smallest absolute Gasteiger partial charge is 0.384 e. The number of aryl methyl sites for hydroxylation is 1. The number of imidazole rings is 1. The molecule has 0 aromatic carbocycles. The van der Waals surface area contributed by atoms with Gasteiger partial charge in [0.1, 0.15) is 11.2 Å². The summed E-state index contributed by atoms with van der Waals surface area (Å²) in [6.07, 6.45) is 4.54. The second kappa shape index (κ2) is 14.1. The maximum absolute atomic E-state index is 14.2. The zero-order valence-electron chi connectivity index (χ0n) is 27.6. The number of aromatic amines is 1. The quantitative estimate of drug-likeness (QED) is 0.149. The summed E-state index contributed by atoms with van der Waals surface area (Å²) < 4.78 is 48.1. The summed E-state index contributed by atoms with van der Waals surface area (Å²) >= 11 is 0. The first-order valence-electron chi connectivity index (χ1n) is 16.2. The van der Waals surface area contributed by atoms with Crippen molar-refractivity contribution in [1.29, 1.82) is 0 Å². The molecule has 2 saturated carbocycles. The van der Waals surface area contributed by atoms with Crippen molar-refractivity contribution < 1.29 is 32.3 Å². The van der Waals surface area contributed by atoms with E-state index >= 15 is 0 Å². The van der Waals surface area contributed by atoms with Crippen molar-refractivity contribution in [2.45, 2.75) is 63.5 Å². The van der Waals surface area contributed by atoms with Crippen molar-refractivity contribution in [3.63, 3.8) is 0 Å². The number of amides is 2. The van der Waals surface area contributed by atoms with Crippen LogP contribution >= 0.6 is 0 Å². The lowest BCUT2D eigenvalue weighted by Gasteiger charge is -2.34. The normalized spacial score (nSPS) is 15.8. The van der Waals surface area contributed by atoms with Crippen molar-refractivity contribution >= 4 is 34.6 Å². The summed E-state index contributed by atoms with van der Waals surface area (Å²) in [6, 6.07) is 6.11. The lowest BCUT2D eigenvalue weighted by atomic mass is 9.86. The van der Waals surface area contributed by atoms with Crippen LogP contribution in [0.4, 0.5) is 24.8 Å². The first kappa shape index (κ1) is 34.2. The van der Waals surface area contributed by atoms with Crippen molar-refractivity contribution in [3.8, 4) is 11.3 Å². The van der Waals surface area contributed by atoms with Crippen molar-refractivity contribution in [2.24, 2.45) is 5.41 Å². The molecule has 0 spiro atoms. The minimum absolute atomic E-state index is 0.0698. The number of pyridine rings is 3. The number of aromatic nitrogens is 5. The number of carbonyl (C=O) groups excluding carboxylic acids is 2. The Bertz CT molecular complexity index is 1820. The first-order chi connectivity index (χ1) is 23.5. The van der Waals surface area contributed by atoms with Crippen LogP contribution < -0.4 is 15.7 Å². The third kappa shape index (κ3) is 7.83. The van der Waals surface area contributed by atoms with Gasteiger partial charge in [-0.05, 0) is 55.9 Å². The Balaban J connectivity index is 1.32. The van der Waals surface area contributed by atoms with E-state index in [9.17, 15) is 22.8 Å². The maximum Gasteiger partial charge on any atom is 0.418 e. The number of alkyl halides is 3. The molecule has 0 bridgehead atoms. The summed E-state index contributed by atoms with van der Waals surface area (Å²) in [6.45, 7) is 1.21. The molecule has 12 nitrogen and oxygen atoms in total. The highest BCUT2D eigenvalue weighted by Gasteiger charge is 2.40. The number of H-pyrrole nitrogens is 1. The minimum atomic E-state index is -4.56. The molecule has 2 aliphatic carbocycles. The number of rotatable bonds is 13. The fourth-order valence-electron chi connectivity index (χ4n) is 6.67. The second-order valence-corrected chi connectivity index (χ2v) is 13.0. The highest BCUT2D eigenvalue weighted by molar-refractivity contribution is 6.03. The third-order valence-corrected chi connectivity index (χ3v) is 9.17. The van der Waals surface area contributed by atoms with E-state index < -0.39 is 17.6 Å². The van der Waals surface area contributed by atoms with Crippen LogP contribution in [0, 0.1) is 5.41 Å². The van der Waals surface area contributed by atoms with Gasteiger partial charge in [0, 0.05) is 56.4 Å². The summed E-state index contributed by atoms with van der Waals surface area (Å²) in [7, 11) is 4.97. The molecule has 4 aromatic rings. The molecule has 49 heavy (non-hydrogen) atoms. The van der Waals surface area contributed by atoms with Crippen LogP contribution in [0.1, 0.15) is 78.2 Å². The molecule has 15 heteroatoms. The molecule has 0 aliphatic heterocycles. The van der Waals surface area contributed by atoms with Gasteiger partial charge in [0.05, 0.1) is 36.4 Å². The molecule has 4 heterocycles. The van der Waals surface area contributed by atoms with E-state index in [-0.39, 0.29) is 57.9 Å². The number of carbonyl (C=O) groups is 2. The van der Waals surface area contributed by atoms with Crippen molar-refractivity contribution in [1.82, 2.24) is 30.4 Å². The second-order valence-electron chi connectivity index (χ2n) is 13.0. The van der Waals surface area contributed by atoms with E-state index in [0.29, 0.717) is 43.6 Å². The summed E-state index contributed by atoms with van der Waals surface area (Å²) in [5.41, 5.74) is 4.28. The largest absolute Gasteiger partial charge is 0.418 e. The fourth-order valence-corrected chi connectivity index (χ4v) is 6.67. The number of nitrogens with one attached hydrogen (secondary N) is 3. The molecule has 4 aromatic heterocycles. The molecule has 6 rings (SSSR count). The van der Waals surface area contributed by atoms with Gasteiger partial charge >= 0.3 is 6.18 Å². The number of hydroxylamine groups is 1. The Hall–Kier alpha value is -4.63. The molecule has 260 valence electrons. The predicted molar refractivity (Wildman–Crippen MR) is 176 cm³/mol. The highest BCUT2D eigenvalue weighted by Crippen LogP contribution is 2.46. The van der Waals surface area contributed by atoms with Gasteiger partial charge in [0.2, 0.25) is 11.9 Å². The third-order valence-electron chi connectivity index (χ3n) is 9.17. The van der Waals surface area contributed by atoms with Gasteiger partial charge < -0.3 is 14.6 Å². The molecule has 2 aliphatic rings. The minimum Gasteiger partial charge on any atom is -0.384 e. The van der Waals surface area contributed by atoms with Gasteiger partial charge in [-0.1, -0.05) is 18.9 Å². The molecule has 0 saturated heterocycles. The van der Waals surface area contributed by atoms with Crippen LogP contribution in [-0.4, -0.2) is 71.2 Å². The van der Waals surface area contributed by atoms with E-state index in [1.807, 2.05) is 11.9 Å². The van der Waals surface area contributed by atoms with Crippen molar-refractivity contribution in [3.05, 3.63) is 59.2 Å². The molecule has 3 N–H and O–H groups in total. The number of hydrogen-bond acceptors (Lipinski definition) is 9. The molecule has 2 amide bonds. The van der Waals surface area contributed by atoms with E-state index in [2.05, 4.69) is 40.6 Å². The lowest BCUT2D eigenvalue weighted by Crippen LogP contribution is -2.37. The molecular weight excluding hydrogens is 641 g/mol. The van der Waals surface area contributed by atoms with Crippen LogP contribution in [0.25, 0.3) is 22.4 Å². The zero-order chi connectivity index (χ0) is 34.8. The van der Waals surface area contributed by atoms with Crippen LogP contribution in [0.5, 0.6) is 0 Å². The number of fused-ring (bicyclic) bond motifs is 1. The van der Waals surface area contributed by atoms with Crippen LogP contribution in [0.2, 0.25) is 0 Å². The van der Waals surface area contributed by atoms with E-state index in [1.165, 1.54) is 19.5 Å². The zero-order valence-corrected chi connectivity index (χ0v) is 27.6. The van der Waals surface area contributed by atoms with Gasteiger partial charge in [-0.3, -0.25) is 29.7 Å². The molecule has 0 radical (unpaired) electrons. The lowest BCUT2D eigenvalue weighted by molar-refractivity contribution is -0.138. The Labute approximate surface area is 281 Å². The monoisotopic (exact) mass is 680 g/mol. The first-order valence-corrected chi connectivity index (χ1v) is 16.2. The Morgan fingerprint density at radius 1 is 1.08 bits per heavy atom. The topological polar surface area (TPSA) is 147 Å². The van der Waals surface area contributed by atoms with Crippen LogP contribution in [0.15, 0.2) is 36.7 Å². The van der Waals surface area contributed by atoms with Crippen LogP contribution in [0.3, 0.4) is 0 Å². The molecule has 0 unspecified atom stereocenters. The van der Waals surface area contributed by atoms with Gasteiger partial charge in [-0.2, -0.15) is 18.2 Å². The number of methoxy groups -OCH3 is 1. The van der Waals surface area contributed by atoms with Gasteiger partial charge in [-0.25, -0.2) is 10.5 Å². The summed E-state index contributed by atoms with van der Waals surface area (Å²) in [5, 5.41) is 2.73. The number of nitrogens with zero attached hydrogens (tertiary/aromatic N) is 5. The Kier molecular flexibility index (Phi) is 9.84. The Morgan fingerprint density at radius 3 is 2.51 bits per heavy atom. The number of anilines is 2. The van der Waals surface area contributed by atoms with E-state index in [4.69, 9.17) is 4.74 Å². The van der Waals surface area contributed by atoms with E-state index in [0.717, 1.165) is 37.3 Å². The average molecular weight is 681 g/mol. The predicted octanol–water partition coefficient (Wildman–Crippen LogP) is 5.82. The summed E-state index contributed by atoms with van der Waals surface area (Å²) in [5.74, 6) is -0.887. The van der Waals surface area contributed by atoms with E-state index in [1.54, 1.807) is 25.3 Å². The fraction of sp³-hybridized carbons (Fsp3) is 0.471. The molecule has 2 fully saturated rings. The number of ether oxygens (including phenoxy) is 1. The number of halogens is 3. The van der Waals surface area contributed by atoms with Crippen molar-refractivity contribution in [2.75, 3.05) is 44.6 Å². The van der Waals surface area contributed by atoms with Gasteiger partial charge in [0.25, 0.3) is 5.91 Å². The van der Waals surface area contributed by atoms with Gasteiger partial charge in [0.15, 0.2) is 5.65 Å². The Morgan fingerprint density at radius 2 is 1.86 bits per heavy atom.